The number of carbonyl (C=O) groups is 2. The second kappa shape index (κ2) is 10.9. The number of urea groups is 2. The first-order chi connectivity index (χ1) is 18.1. The van der Waals surface area contributed by atoms with Crippen LogP contribution in [0.3, 0.4) is 0 Å². The largest absolute Gasteiger partial charge is 0.337 e. The molecule has 1 fully saturated rings. The second-order valence-corrected chi connectivity index (χ2v) is 12.0. The molecule has 0 spiro atoms. The van der Waals surface area contributed by atoms with E-state index in [-0.39, 0.29) is 33.0 Å². The Kier molecular flexibility index (Phi) is 7.76. The summed E-state index contributed by atoms with van der Waals surface area (Å²) in [6.45, 7) is 1.49. The molecule has 1 saturated heterocycles. The molecular weight excluding hydrogens is 529 g/mol. The van der Waals surface area contributed by atoms with E-state index in [1.165, 1.54) is 41.0 Å². The van der Waals surface area contributed by atoms with Crippen LogP contribution in [0.15, 0.2) is 58.6 Å². The summed E-state index contributed by atoms with van der Waals surface area (Å²) in [5.74, 6) is 1.32. The van der Waals surface area contributed by atoms with Crippen molar-refractivity contribution in [2.45, 2.75) is 24.5 Å². The van der Waals surface area contributed by atoms with Crippen LogP contribution in [0, 0.1) is 22.7 Å². The van der Waals surface area contributed by atoms with E-state index in [4.69, 9.17) is 0 Å². The lowest BCUT2D eigenvalue weighted by Crippen LogP contribution is -2.57. The van der Waals surface area contributed by atoms with Crippen molar-refractivity contribution in [3.05, 3.63) is 70.4 Å². The molecule has 1 atom stereocenters. The van der Waals surface area contributed by atoms with E-state index in [0.717, 1.165) is 11.2 Å². The maximum atomic E-state index is 14.1. The Hall–Kier alpha value is -3.87. The van der Waals surface area contributed by atoms with Gasteiger partial charge in [0, 0.05) is 36.5 Å². The van der Waals surface area contributed by atoms with Crippen molar-refractivity contribution in [3.63, 3.8) is 0 Å². The Morgan fingerprint density at radius 2 is 1.84 bits per heavy atom. The minimum absolute atomic E-state index is 0.0235. The summed E-state index contributed by atoms with van der Waals surface area (Å²) in [7, 11) is -3.94. The quantitative estimate of drug-likeness (QED) is 0.550. The summed E-state index contributed by atoms with van der Waals surface area (Å²) in [4.78, 5) is 31.3. The molecule has 2 aromatic carbocycles. The molecule has 196 valence electrons. The predicted molar refractivity (Wildman–Crippen MR) is 141 cm³/mol. The maximum Gasteiger partial charge on any atom is 0.337 e. The summed E-state index contributed by atoms with van der Waals surface area (Å²) in [6.07, 6.45) is 0.961. The molecule has 4 amide bonds. The van der Waals surface area contributed by atoms with Gasteiger partial charge in [0.1, 0.15) is 12.7 Å². The average Bonchev–Trinajstić information content (AvgIpc) is 2.92. The summed E-state index contributed by atoms with van der Waals surface area (Å²) in [5, 5.41) is 19.6. The molecule has 38 heavy (non-hydrogen) atoms. The Morgan fingerprint density at radius 3 is 2.45 bits per heavy atom. The Labute approximate surface area is 224 Å². The highest BCUT2D eigenvalue weighted by atomic mass is 32.2. The first-order valence-electron chi connectivity index (χ1n) is 11.6. The van der Waals surface area contributed by atoms with Gasteiger partial charge in [0.05, 0.1) is 33.9 Å². The van der Waals surface area contributed by atoms with Crippen LogP contribution in [0.1, 0.15) is 29.7 Å². The number of hydrogen-bond acceptors (Lipinski definition) is 7. The zero-order valence-electron chi connectivity index (χ0n) is 20.7. The monoisotopic (exact) mass is 553 g/mol. The van der Waals surface area contributed by atoms with Gasteiger partial charge >= 0.3 is 12.1 Å². The Balaban J connectivity index is 2.00. The molecule has 2 heterocycles. The van der Waals surface area contributed by atoms with Gasteiger partial charge in [0.25, 0.3) is 0 Å². The lowest BCUT2D eigenvalue weighted by molar-refractivity contribution is 0.148. The smallest absolute Gasteiger partial charge is 0.323 e. The van der Waals surface area contributed by atoms with Gasteiger partial charge in [0.2, 0.25) is 0 Å². The number of carbonyl (C=O) groups excluding carboxylic acids is 2. The van der Waals surface area contributed by atoms with Crippen LogP contribution in [0.5, 0.6) is 0 Å². The SMILES string of the molecule is CC1=C(C#N)[C@@H](c2ccc(C#N)cc2S(C)(=O)=O)N(C(=O)N2CCSCC2)C(=O)N1c1cccc(CF)c1. The molecule has 0 N–H and O–H groups in total. The van der Waals surface area contributed by atoms with Crippen molar-refractivity contribution in [2.24, 2.45) is 0 Å². The molecule has 0 aromatic heterocycles. The van der Waals surface area contributed by atoms with Crippen LogP contribution < -0.4 is 4.90 Å². The van der Waals surface area contributed by atoms with Gasteiger partial charge in [0.15, 0.2) is 9.84 Å². The van der Waals surface area contributed by atoms with Crippen molar-refractivity contribution < 1.29 is 22.4 Å². The summed E-state index contributed by atoms with van der Waals surface area (Å²) in [6, 6.07) is 11.2. The zero-order chi connectivity index (χ0) is 27.6. The fraction of sp³-hybridized carbons (Fsp3) is 0.308. The Morgan fingerprint density at radius 1 is 1.13 bits per heavy atom. The average molecular weight is 554 g/mol. The van der Waals surface area contributed by atoms with Gasteiger partial charge in [-0.2, -0.15) is 22.3 Å². The molecular formula is C26H24FN5O4S2. The van der Waals surface area contributed by atoms with Crippen LogP contribution in [0.25, 0.3) is 0 Å². The number of alkyl halides is 1. The number of halogens is 1. The van der Waals surface area contributed by atoms with E-state index in [9.17, 15) is 32.9 Å². The molecule has 2 aliphatic heterocycles. The van der Waals surface area contributed by atoms with Crippen molar-refractivity contribution in [1.29, 1.82) is 10.5 Å². The van der Waals surface area contributed by atoms with Crippen molar-refractivity contribution in [2.75, 3.05) is 35.8 Å². The molecule has 0 aliphatic carbocycles. The number of allylic oxidation sites excluding steroid dienone is 1. The van der Waals surface area contributed by atoms with Crippen LogP contribution in [-0.2, 0) is 16.5 Å². The van der Waals surface area contributed by atoms with Crippen molar-refractivity contribution in [1.82, 2.24) is 9.80 Å². The third-order valence-corrected chi connectivity index (χ3v) is 8.52. The highest BCUT2D eigenvalue weighted by Crippen LogP contribution is 2.42. The number of imide groups is 1. The Bertz CT molecular complexity index is 1520. The summed E-state index contributed by atoms with van der Waals surface area (Å²) < 4.78 is 39.0. The number of thioether (sulfide) groups is 1. The molecule has 0 unspecified atom stereocenters. The number of benzene rings is 2. The van der Waals surface area contributed by atoms with Gasteiger partial charge in [-0.15, -0.1) is 0 Å². The van der Waals surface area contributed by atoms with Gasteiger partial charge in [-0.3, -0.25) is 4.90 Å². The molecule has 0 radical (unpaired) electrons. The van der Waals surface area contributed by atoms with Crippen LogP contribution in [0.2, 0.25) is 0 Å². The van der Waals surface area contributed by atoms with Gasteiger partial charge in [-0.05, 0) is 42.3 Å². The third kappa shape index (κ3) is 4.97. The van der Waals surface area contributed by atoms with Crippen LogP contribution in [-0.4, -0.2) is 61.1 Å². The molecule has 9 nitrogen and oxygen atoms in total. The van der Waals surface area contributed by atoms with E-state index in [2.05, 4.69) is 6.07 Å². The van der Waals surface area contributed by atoms with Gasteiger partial charge in [-0.1, -0.05) is 18.2 Å². The molecule has 0 bridgehead atoms. The highest BCUT2D eigenvalue weighted by Gasteiger charge is 2.46. The third-order valence-electron chi connectivity index (χ3n) is 6.42. The molecule has 12 heteroatoms. The number of nitriles is 2. The summed E-state index contributed by atoms with van der Waals surface area (Å²) >= 11 is 1.66. The van der Waals surface area contributed by atoms with Crippen molar-refractivity contribution in [3.8, 4) is 12.1 Å². The topological polar surface area (TPSA) is 126 Å². The second-order valence-electron chi connectivity index (χ2n) is 8.82. The highest BCUT2D eigenvalue weighted by molar-refractivity contribution is 7.99. The zero-order valence-corrected chi connectivity index (χ0v) is 22.4. The minimum Gasteiger partial charge on any atom is -0.323 e. The fourth-order valence-electron chi connectivity index (χ4n) is 4.58. The maximum absolute atomic E-state index is 14.1. The summed E-state index contributed by atoms with van der Waals surface area (Å²) in [5.41, 5.74) is 0.842. The number of sulfone groups is 1. The van der Waals surface area contributed by atoms with E-state index >= 15 is 0 Å². The standard InChI is InChI=1S/C26H24FN5O4S2/c1-17-22(16-29)24(21-7-6-19(15-28)13-23(21)38(2,35)36)32(25(33)30-8-10-37-11-9-30)26(34)31(17)20-5-3-4-18(12-20)14-27/h3-7,12-13,24H,8-11,14H2,1-2H3/t24-/m1/s1. The molecule has 2 aliphatic rings. The lowest BCUT2D eigenvalue weighted by Gasteiger charge is -2.43. The number of amides is 4. The van der Waals surface area contributed by atoms with Crippen LogP contribution in [0.4, 0.5) is 19.7 Å². The minimum atomic E-state index is -3.94. The van der Waals surface area contributed by atoms with E-state index < -0.39 is 34.6 Å². The first-order valence-corrected chi connectivity index (χ1v) is 14.7. The lowest BCUT2D eigenvalue weighted by atomic mass is 9.93. The van der Waals surface area contributed by atoms with E-state index in [1.54, 1.807) is 30.0 Å². The number of nitrogens with zero attached hydrogens (tertiary/aromatic N) is 5. The fourth-order valence-corrected chi connectivity index (χ4v) is 6.43. The van der Waals surface area contributed by atoms with Gasteiger partial charge < -0.3 is 4.90 Å². The van der Waals surface area contributed by atoms with E-state index in [1.807, 2.05) is 6.07 Å². The van der Waals surface area contributed by atoms with Gasteiger partial charge in [-0.25, -0.2) is 27.3 Å². The molecule has 2 aromatic rings. The van der Waals surface area contributed by atoms with E-state index in [0.29, 0.717) is 30.2 Å². The molecule has 4 rings (SSSR count). The first kappa shape index (κ1) is 27.2. The normalized spacial score (nSPS) is 18.3. The number of anilines is 1. The predicted octanol–water partition coefficient (Wildman–Crippen LogP) is 4.38. The number of rotatable bonds is 4. The van der Waals surface area contributed by atoms with Crippen molar-refractivity contribution >= 4 is 39.3 Å². The number of hydrogen-bond donors (Lipinski definition) is 0. The van der Waals surface area contributed by atoms with Crippen LogP contribution >= 0.6 is 11.8 Å². The molecule has 0 saturated carbocycles.